The van der Waals surface area contributed by atoms with E-state index in [1.54, 1.807) is 18.3 Å². The highest BCUT2D eigenvalue weighted by Gasteiger charge is 2.09. The van der Waals surface area contributed by atoms with Gasteiger partial charge in [0.15, 0.2) is 5.82 Å². The Morgan fingerprint density at radius 1 is 1.47 bits per heavy atom. The van der Waals surface area contributed by atoms with Crippen molar-refractivity contribution in [2.24, 2.45) is 5.73 Å². The lowest BCUT2D eigenvalue weighted by atomic mass is 10.2. The molecule has 0 saturated heterocycles. The highest BCUT2D eigenvalue weighted by molar-refractivity contribution is 6.02. The summed E-state index contributed by atoms with van der Waals surface area (Å²) in [5.41, 5.74) is 7.72. The van der Waals surface area contributed by atoms with Crippen LogP contribution in [-0.4, -0.2) is 21.1 Å². The Hall–Kier alpha value is -2.21. The largest absolute Gasteiger partial charge is 0.326 e. The number of pyridine rings is 1. The summed E-state index contributed by atoms with van der Waals surface area (Å²) in [6.45, 7) is 2.50. The van der Waals surface area contributed by atoms with E-state index < -0.39 is 0 Å². The number of amides is 1. The second-order valence-electron chi connectivity index (χ2n) is 4.24. The van der Waals surface area contributed by atoms with Crippen molar-refractivity contribution >= 4 is 11.7 Å². The monoisotopic (exact) mass is 259 g/mol. The lowest BCUT2D eigenvalue weighted by molar-refractivity contribution is 0.102. The molecule has 2 heterocycles. The Bertz CT molecular complexity index is 546. The molecule has 1 amide bonds. The van der Waals surface area contributed by atoms with Crippen LogP contribution in [0.4, 0.5) is 5.82 Å². The summed E-state index contributed by atoms with van der Waals surface area (Å²) in [5, 5.41) is 9.61. The van der Waals surface area contributed by atoms with E-state index in [9.17, 15) is 4.79 Å². The van der Waals surface area contributed by atoms with Gasteiger partial charge in [0.05, 0.1) is 0 Å². The number of rotatable bonds is 5. The lowest BCUT2D eigenvalue weighted by Gasteiger charge is -2.01. The zero-order valence-corrected chi connectivity index (χ0v) is 10.8. The summed E-state index contributed by atoms with van der Waals surface area (Å²) in [7, 11) is 0. The first-order chi connectivity index (χ1) is 9.22. The van der Waals surface area contributed by atoms with E-state index in [1.807, 2.05) is 6.07 Å². The third kappa shape index (κ3) is 3.38. The van der Waals surface area contributed by atoms with E-state index in [1.165, 1.54) is 0 Å². The molecule has 2 aromatic heterocycles. The quantitative estimate of drug-likeness (QED) is 0.757. The lowest BCUT2D eigenvalue weighted by Crippen LogP contribution is -2.14. The molecule has 0 aliphatic rings. The van der Waals surface area contributed by atoms with Crippen LogP contribution >= 0.6 is 0 Å². The molecule has 6 nitrogen and oxygen atoms in total. The van der Waals surface area contributed by atoms with Crippen molar-refractivity contribution in [3.05, 3.63) is 41.3 Å². The fourth-order valence-electron chi connectivity index (χ4n) is 1.68. The number of nitrogens with one attached hydrogen (secondary N) is 2. The second kappa shape index (κ2) is 6.10. The van der Waals surface area contributed by atoms with E-state index in [4.69, 9.17) is 5.73 Å². The third-order valence-electron chi connectivity index (χ3n) is 2.68. The molecule has 0 atom stereocenters. The van der Waals surface area contributed by atoms with Crippen LogP contribution in [0.1, 0.15) is 35.1 Å². The maximum atomic E-state index is 11.9. The zero-order valence-electron chi connectivity index (χ0n) is 10.8. The highest BCUT2D eigenvalue weighted by Crippen LogP contribution is 2.09. The van der Waals surface area contributed by atoms with Gasteiger partial charge >= 0.3 is 0 Å². The van der Waals surface area contributed by atoms with Crippen molar-refractivity contribution in [3.63, 3.8) is 0 Å². The molecule has 0 aliphatic carbocycles. The first kappa shape index (κ1) is 13.2. The Morgan fingerprint density at radius 2 is 2.32 bits per heavy atom. The van der Waals surface area contributed by atoms with E-state index >= 15 is 0 Å². The molecule has 0 bridgehead atoms. The van der Waals surface area contributed by atoms with Gasteiger partial charge in [0.2, 0.25) is 0 Å². The molecule has 0 fully saturated rings. The smallest absolute Gasteiger partial charge is 0.275 e. The van der Waals surface area contributed by atoms with Gasteiger partial charge in [-0.25, -0.2) is 0 Å². The number of nitrogens with zero attached hydrogens (tertiary/aromatic N) is 2. The van der Waals surface area contributed by atoms with E-state index in [0.717, 1.165) is 24.1 Å². The molecule has 0 unspecified atom stereocenters. The molecule has 6 heteroatoms. The van der Waals surface area contributed by atoms with Crippen molar-refractivity contribution in [2.45, 2.75) is 26.3 Å². The van der Waals surface area contributed by atoms with Crippen molar-refractivity contribution in [1.82, 2.24) is 15.2 Å². The minimum Gasteiger partial charge on any atom is -0.326 e. The number of hydrogen-bond acceptors (Lipinski definition) is 4. The summed E-state index contributed by atoms with van der Waals surface area (Å²) in [4.78, 5) is 16.0. The van der Waals surface area contributed by atoms with E-state index in [2.05, 4.69) is 27.4 Å². The molecule has 0 aromatic carbocycles. The average molecular weight is 259 g/mol. The van der Waals surface area contributed by atoms with Gasteiger partial charge in [-0.3, -0.25) is 14.9 Å². The van der Waals surface area contributed by atoms with Crippen LogP contribution in [-0.2, 0) is 13.0 Å². The molecule has 2 aromatic rings. The topological polar surface area (TPSA) is 96.7 Å². The van der Waals surface area contributed by atoms with Crippen LogP contribution in [0.2, 0.25) is 0 Å². The van der Waals surface area contributed by atoms with Crippen molar-refractivity contribution in [3.8, 4) is 0 Å². The molecule has 0 saturated carbocycles. The summed E-state index contributed by atoms with van der Waals surface area (Å²) in [5.74, 6) is 0.233. The summed E-state index contributed by atoms with van der Waals surface area (Å²) in [6, 6.07) is 5.27. The Labute approximate surface area is 111 Å². The van der Waals surface area contributed by atoms with Crippen molar-refractivity contribution < 1.29 is 4.79 Å². The van der Waals surface area contributed by atoms with Crippen LogP contribution in [0.3, 0.4) is 0 Å². The molecular formula is C13H17N5O. The van der Waals surface area contributed by atoms with E-state index in [0.29, 0.717) is 18.1 Å². The van der Waals surface area contributed by atoms with Gasteiger partial charge in [-0.1, -0.05) is 19.4 Å². The summed E-state index contributed by atoms with van der Waals surface area (Å²) >= 11 is 0. The molecule has 100 valence electrons. The van der Waals surface area contributed by atoms with Gasteiger partial charge < -0.3 is 11.1 Å². The molecule has 0 aliphatic heterocycles. The average Bonchev–Trinajstić information content (AvgIpc) is 2.86. The Kier molecular flexibility index (Phi) is 4.25. The molecule has 4 N–H and O–H groups in total. The molecule has 19 heavy (non-hydrogen) atoms. The number of H-pyrrole nitrogens is 1. The number of hydrogen-bond donors (Lipinski definition) is 3. The Balaban J connectivity index is 2.02. The predicted octanol–water partition coefficient (Wildman–Crippen LogP) is 1.47. The standard InChI is InChI=1S/C13H17N5O/c1-2-3-10-6-12(18-17-10)16-13(19)11-5-4-9(7-14)8-15-11/h4-6,8H,2-3,7,14H2,1H3,(H2,16,17,18,19). The number of aryl methyl sites for hydroxylation is 1. The van der Waals surface area contributed by atoms with Gasteiger partial charge in [0.1, 0.15) is 5.69 Å². The van der Waals surface area contributed by atoms with Gasteiger partial charge in [-0.15, -0.1) is 0 Å². The van der Waals surface area contributed by atoms with Gasteiger partial charge in [-0.2, -0.15) is 5.10 Å². The SMILES string of the molecule is CCCc1cc(NC(=O)c2ccc(CN)cn2)n[nH]1. The molecule has 0 spiro atoms. The van der Waals surface area contributed by atoms with Gasteiger partial charge in [0.25, 0.3) is 5.91 Å². The Morgan fingerprint density at radius 3 is 2.95 bits per heavy atom. The summed E-state index contributed by atoms with van der Waals surface area (Å²) < 4.78 is 0. The molecule has 0 radical (unpaired) electrons. The number of aromatic amines is 1. The van der Waals surface area contributed by atoms with Crippen molar-refractivity contribution in [2.75, 3.05) is 5.32 Å². The molecular weight excluding hydrogens is 242 g/mol. The van der Waals surface area contributed by atoms with Crippen LogP contribution in [0.5, 0.6) is 0 Å². The van der Waals surface area contributed by atoms with Gasteiger partial charge in [-0.05, 0) is 18.1 Å². The second-order valence-corrected chi connectivity index (χ2v) is 4.24. The van der Waals surface area contributed by atoms with Crippen molar-refractivity contribution in [1.29, 1.82) is 0 Å². The fraction of sp³-hybridized carbons (Fsp3) is 0.308. The number of nitrogens with two attached hydrogens (primary N) is 1. The van der Waals surface area contributed by atoms with Crippen LogP contribution < -0.4 is 11.1 Å². The third-order valence-corrected chi connectivity index (χ3v) is 2.68. The minimum absolute atomic E-state index is 0.280. The minimum atomic E-state index is -0.280. The first-order valence-electron chi connectivity index (χ1n) is 6.23. The van der Waals surface area contributed by atoms with Gasteiger partial charge in [0, 0.05) is 24.5 Å². The number of aromatic nitrogens is 3. The maximum Gasteiger partial charge on any atom is 0.275 e. The summed E-state index contributed by atoms with van der Waals surface area (Å²) in [6.07, 6.45) is 3.53. The number of carbonyl (C=O) groups excluding carboxylic acids is 1. The van der Waals surface area contributed by atoms with Crippen LogP contribution in [0, 0.1) is 0 Å². The first-order valence-corrected chi connectivity index (χ1v) is 6.23. The normalized spacial score (nSPS) is 10.4. The predicted molar refractivity (Wildman–Crippen MR) is 72.7 cm³/mol. The highest BCUT2D eigenvalue weighted by atomic mass is 16.1. The fourth-order valence-corrected chi connectivity index (χ4v) is 1.68. The van der Waals surface area contributed by atoms with E-state index in [-0.39, 0.29) is 5.91 Å². The molecule has 2 rings (SSSR count). The van der Waals surface area contributed by atoms with Crippen LogP contribution in [0.15, 0.2) is 24.4 Å². The number of carbonyl (C=O) groups is 1. The maximum absolute atomic E-state index is 11.9. The zero-order chi connectivity index (χ0) is 13.7. The van der Waals surface area contributed by atoms with Crippen LogP contribution in [0.25, 0.3) is 0 Å². The number of anilines is 1.